The number of aromatic nitrogens is 1. The second-order valence-electron chi connectivity index (χ2n) is 5.77. The highest BCUT2D eigenvalue weighted by Gasteiger charge is 2.23. The fourth-order valence-electron chi connectivity index (χ4n) is 2.99. The molecule has 2 rings (SSSR count). The normalized spacial score (nSPS) is 17.5. The van der Waals surface area contributed by atoms with Crippen molar-refractivity contribution in [3.05, 3.63) is 35.1 Å². The molecule has 0 aromatic carbocycles. The van der Waals surface area contributed by atoms with Crippen LogP contribution in [-0.4, -0.2) is 28.6 Å². The van der Waals surface area contributed by atoms with Crippen LogP contribution >= 0.6 is 11.6 Å². The van der Waals surface area contributed by atoms with Crippen LogP contribution in [0.4, 0.5) is 0 Å². The molecular weight excluding hydrogens is 300 g/mol. The maximum atomic E-state index is 12.1. The maximum Gasteiger partial charge on any atom is 0.244 e. The topological polar surface area (TPSA) is 62.2 Å². The lowest BCUT2D eigenvalue weighted by atomic mass is 9.82. The Morgan fingerprint density at radius 1 is 1.41 bits per heavy atom. The van der Waals surface area contributed by atoms with Gasteiger partial charge in [-0.25, -0.2) is 4.98 Å². The number of hydrogen-bond donors (Lipinski definition) is 2. The third kappa shape index (κ3) is 5.43. The van der Waals surface area contributed by atoms with Crippen LogP contribution in [0.1, 0.15) is 44.1 Å². The van der Waals surface area contributed by atoms with E-state index in [4.69, 9.17) is 11.6 Å². The van der Waals surface area contributed by atoms with Crippen LogP contribution in [0.2, 0.25) is 5.15 Å². The largest absolute Gasteiger partial charge is 0.396 e. The summed E-state index contributed by atoms with van der Waals surface area (Å²) in [6.07, 6.45) is 11.5. The fraction of sp³-hybridized carbons (Fsp3) is 0.529. The predicted molar refractivity (Wildman–Crippen MR) is 88.5 cm³/mol. The van der Waals surface area contributed by atoms with Gasteiger partial charge in [0.25, 0.3) is 0 Å². The van der Waals surface area contributed by atoms with Crippen LogP contribution in [0, 0.1) is 5.92 Å². The minimum absolute atomic E-state index is 0.0609. The second kappa shape index (κ2) is 8.91. The zero-order valence-corrected chi connectivity index (χ0v) is 13.4. The molecule has 1 fully saturated rings. The molecule has 4 nitrogen and oxygen atoms in total. The van der Waals surface area contributed by atoms with E-state index in [9.17, 15) is 9.90 Å². The summed E-state index contributed by atoms with van der Waals surface area (Å²) in [5, 5.41) is 12.7. The van der Waals surface area contributed by atoms with Crippen molar-refractivity contribution in [2.24, 2.45) is 5.92 Å². The van der Waals surface area contributed by atoms with Crippen LogP contribution in [0.25, 0.3) is 6.08 Å². The molecule has 1 aliphatic carbocycles. The lowest BCUT2D eigenvalue weighted by Crippen LogP contribution is -2.41. The van der Waals surface area contributed by atoms with Crippen LogP contribution in [0.15, 0.2) is 24.4 Å². The summed E-state index contributed by atoms with van der Waals surface area (Å²) in [5.41, 5.74) is 0.830. The molecule has 1 unspecified atom stereocenters. The molecule has 1 amide bonds. The van der Waals surface area contributed by atoms with E-state index < -0.39 is 0 Å². The zero-order chi connectivity index (χ0) is 15.8. The number of hydrogen-bond acceptors (Lipinski definition) is 3. The molecule has 0 radical (unpaired) electrons. The van der Waals surface area contributed by atoms with Crippen molar-refractivity contribution in [3.63, 3.8) is 0 Å². The number of amides is 1. The molecule has 0 bridgehead atoms. The first-order valence-corrected chi connectivity index (χ1v) is 8.28. The number of carbonyl (C=O) groups is 1. The highest BCUT2D eigenvalue weighted by atomic mass is 35.5. The fourth-order valence-corrected chi connectivity index (χ4v) is 3.10. The molecule has 22 heavy (non-hydrogen) atoms. The molecule has 5 heteroatoms. The van der Waals surface area contributed by atoms with E-state index in [2.05, 4.69) is 10.3 Å². The van der Waals surface area contributed by atoms with Crippen LogP contribution in [0.3, 0.4) is 0 Å². The van der Waals surface area contributed by atoms with Crippen molar-refractivity contribution in [2.75, 3.05) is 6.61 Å². The average molecular weight is 323 g/mol. The van der Waals surface area contributed by atoms with E-state index in [0.29, 0.717) is 17.5 Å². The Kier molecular flexibility index (Phi) is 6.87. The van der Waals surface area contributed by atoms with E-state index in [-0.39, 0.29) is 18.6 Å². The number of aliphatic hydroxyl groups is 1. The van der Waals surface area contributed by atoms with Gasteiger partial charge in [-0.05, 0) is 42.9 Å². The van der Waals surface area contributed by atoms with Gasteiger partial charge in [-0.15, -0.1) is 0 Å². The SMILES string of the molecule is O=C(/C=C/c1ccc(Cl)nc1)NC(CCO)C1CCCCC1. The van der Waals surface area contributed by atoms with Crippen LogP contribution in [-0.2, 0) is 4.79 Å². The van der Waals surface area contributed by atoms with E-state index in [1.807, 2.05) is 6.07 Å². The molecule has 2 N–H and O–H groups in total. The van der Waals surface area contributed by atoms with Gasteiger partial charge in [0.2, 0.25) is 5.91 Å². The summed E-state index contributed by atoms with van der Waals surface area (Å²) in [5.74, 6) is 0.356. The molecule has 1 aromatic heterocycles. The summed E-state index contributed by atoms with van der Waals surface area (Å²) >= 11 is 5.73. The lowest BCUT2D eigenvalue weighted by Gasteiger charge is -2.30. The van der Waals surface area contributed by atoms with Gasteiger partial charge in [0.15, 0.2) is 0 Å². The first-order chi connectivity index (χ1) is 10.7. The van der Waals surface area contributed by atoms with Gasteiger partial charge in [0.05, 0.1) is 0 Å². The lowest BCUT2D eigenvalue weighted by molar-refractivity contribution is -0.117. The molecule has 0 aliphatic heterocycles. The van der Waals surface area contributed by atoms with Gasteiger partial charge in [-0.1, -0.05) is 36.9 Å². The number of rotatable bonds is 6. The molecule has 0 spiro atoms. The molecular formula is C17H23ClN2O2. The van der Waals surface area contributed by atoms with E-state index >= 15 is 0 Å². The standard InChI is InChI=1S/C17H23ClN2O2/c18-16-8-6-13(12-19-16)7-9-17(22)20-15(10-11-21)14-4-2-1-3-5-14/h6-9,12,14-15,21H,1-5,10-11H2,(H,20,22)/b9-7+. The summed E-state index contributed by atoms with van der Waals surface area (Å²) in [6, 6.07) is 3.56. The summed E-state index contributed by atoms with van der Waals surface area (Å²) in [7, 11) is 0. The number of aliphatic hydroxyl groups excluding tert-OH is 1. The minimum Gasteiger partial charge on any atom is -0.396 e. The Morgan fingerprint density at radius 3 is 2.82 bits per heavy atom. The highest BCUT2D eigenvalue weighted by Crippen LogP contribution is 2.27. The Bertz CT molecular complexity index is 496. The summed E-state index contributed by atoms with van der Waals surface area (Å²) < 4.78 is 0. The first kappa shape index (κ1) is 17.0. The van der Waals surface area contributed by atoms with Gasteiger partial charge >= 0.3 is 0 Å². The predicted octanol–water partition coefficient (Wildman–Crippen LogP) is 3.20. The molecule has 1 atom stereocenters. The van der Waals surface area contributed by atoms with Gasteiger partial charge in [0, 0.05) is 24.9 Å². The monoisotopic (exact) mass is 322 g/mol. The minimum atomic E-state index is -0.126. The average Bonchev–Trinajstić information content (AvgIpc) is 2.55. The molecule has 120 valence electrons. The van der Waals surface area contributed by atoms with Crippen molar-refractivity contribution >= 4 is 23.6 Å². The van der Waals surface area contributed by atoms with Crippen molar-refractivity contribution in [1.29, 1.82) is 0 Å². The van der Waals surface area contributed by atoms with Gasteiger partial charge in [-0.3, -0.25) is 4.79 Å². The van der Waals surface area contributed by atoms with E-state index in [1.54, 1.807) is 18.3 Å². The van der Waals surface area contributed by atoms with Crippen molar-refractivity contribution in [3.8, 4) is 0 Å². The summed E-state index contributed by atoms with van der Waals surface area (Å²) in [4.78, 5) is 16.1. The smallest absolute Gasteiger partial charge is 0.244 e. The third-order valence-corrected chi connectivity index (χ3v) is 4.39. The Morgan fingerprint density at radius 2 is 2.18 bits per heavy atom. The number of pyridine rings is 1. The maximum absolute atomic E-state index is 12.1. The molecule has 1 heterocycles. The van der Waals surface area contributed by atoms with Crippen LogP contribution in [0.5, 0.6) is 0 Å². The highest BCUT2D eigenvalue weighted by molar-refractivity contribution is 6.29. The first-order valence-electron chi connectivity index (χ1n) is 7.90. The van der Waals surface area contributed by atoms with E-state index in [0.717, 1.165) is 18.4 Å². The van der Waals surface area contributed by atoms with Crippen LogP contribution < -0.4 is 5.32 Å². The van der Waals surface area contributed by atoms with Crippen molar-refractivity contribution < 1.29 is 9.90 Å². The Labute approximate surface area is 136 Å². The number of carbonyl (C=O) groups excluding carboxylic acids is 1. The quantitative estimate of drug-likeness (QED) is 0.624. The molecule has 1 saturated carbocycles. The Balaban J connectivity index is 1.90. The van der Waals surface area contributed by atoms with Crippen molar-refractivity contribution in [2.45, 2.75) is 44.6 Å². The summed E-state index contributed by atoms with van der Waals surface area (Å²) in [6.45, 7) is 0.103. The number of halogens is 1. The second-order valence-corrected chi connectivity index (χ2v) is 6.16. The van der Waals surface area contributed by atoms with E-state index in [1.165, 1.54) is 25.3 Å². The number of nitrogens with zero attached hydrogens (tertiary/aromatic N) is 1. The molecule has 1 aromatic rings. The third-order valence-electron chi connectivity index (χ3n) is 4.16. The number of nitrogens with one attached hydrogen (secondary N) is 1. The van der Waals surface area contributed by atoms with Gasteiger partial charge in [-0.2, -0.15) is 0 Å². The molecule has 0 saturated heterocycles. The van der Waals surface area contributed by atoms with Gasteiger partial charge < -0.3 is 10.4 Å². The van der Waals surface area contributed by atoms with Crippen molar-refractivity contribution in [1.82, 2.24) is 10.3 Å². The van der Waals surface area contributed by atoms with Gasteiger partial charge in [0.1, 0.15) is 5.15 Å². The zero-order valence-electron chi connectivity index (χ0n) is 12.7. The molecule has 1 aliphatic rings. The Hall–Kier alpha value is -1.39.